The van der Waals surface area contributed by atoms with Crippen LogP contribution in [0.2, 0.25) is 0 Å². The van der Waals surface area contributed by atoms with E-state index < -0.39 is 0 Å². The van der Waals surface area contributed by atoms with Crippen molar-refractivity contribution >= 4 is 5.91 Å². The van der Waals surface area contributed by atoms with Gasteiger partial charge in [0.05, 0.1) is 18.9 Å². The maximum Gasteiger partial charge on any atom is 0.292 e. The van der Waals surface area contributed by atoms with Gasteiger partial charge in [0.25, 0.3) is 5.91 Å². The molecule has 1 aliphatic heterocycles. The number of nitrogens with zero attached hydrogens (tertiary/aromatic N) is 2. The van der Waals surface area contributed by atoms with Crippen LogP contribution in [0.4, 0.5) is 0 Å². The average Bonchev–Trinajstić information content (AvgIpc) is 3.36. The number of benzene rings is 1. The van der Waals surface area contributed by atoms with Crippen LogP contribution < -0.4 is 4.74 Å². The number of carbonyl (C=O) groups excluding carboxylic acids is 1. The van der Waals surface area contributed by atoms with Crippen molar-refractivity contribution in [2.75, 3.05) is 26.8 Å². The van der Waals surface area contributed by atoms with E-state index in [4.69, 9.17) is 14.0 Å². The molecule has 6 nitrogen and oxygen atoms in total. The highest BCUT2D eigenvalue weighted by molar-refractivity contribution is 5.91. The Morgan fingerprint density at radius 1 is 1.35 bits per heavy atom. The van der Waals surface area contributed by atoms with Crippen molar-refractivity contribution in [1.29, 1.82) is 0 Å². The Kier molecular flexibility index (Phi) is 6.28. The third kappa shape index (κ3) is 4.64. The zero-order chi connectivity index (χ0) is 18.4. The minimum Gasteiger partial charge on any atom is -0.497 e. The molecule has 0 bridgehead atoms. The number of hydrogen-bond acceptors (Lipinski definition) is 5. The lowest BCUT2D eigenvalue weighted by Gasteiger charge is -2.24. The molecule has 6 heteroatoms. The zero-order valence-electron chi connectivity index (χ0n) is 15.4. The van der Waals surface area contributed by atoms with Crippen molar-refractivity contribution in [3.63, 3.8) is 0 Å². The summed E-state index contributed by atoms with van der Waals surface area (Å²) < 4.78 is 16.2. The van der Waals surface area contributed by atoms with Gasteiger partial charge in [-0.2, -0.15) is 0 Å². The number of methoxy groups -OCH3 is 1. The molecule has 0 N–H and O–H groups in total. The smallest absolute Gasteiger partial charge is 0.292 e. The van der Waals surface area contributed by atoms with E-state index in [1.54, 1.807) is 13.2 Å². The number of amides is 1. The molecule has 1 atom stereocenters. The standard InChI is InChI=1S/C20H26N2O4/c1-3-16-13-19(26-21-16)20(23)22(14-18-5-4-12-25-18)11-10-15-6-8-17(24-2)9-7-15/h6-9,13,18H,3-5,10-12,14H2,1-2H3/t18-/m1/s1. The molecule has 1 fully saturated rings. The van der Waals surface area contributed by atoms with Crippen LogP contribution in [-0.2, 0) is 17.6 Å². The van der Waals surface area contributed by atoms with E-state index in [1.807, 2.05) is 36.1 Å². The Hall–Kier alpha value is -2.34. The monoisotopic (exact) mass is 358 g/mol. The van der Waals surface area contributed by atoms with Crippen molar-refractivity contribution in [2.24, 2.45) is 0 Å². The van der Waals surface area contributed by atoms with Crippen LogP contribution in [-0.4, -0.2) is 48.9 Å². The van der Waals surface area contributed by atoms with Gasteiger partial charge in [-0.25, -0.2) is 0 Å². The van der Waals surface area contributed by atoms with Gasteiger partial charge >= 0.3 is 0 Å². The highest BCUT2D eigenvalue weighted by Gasteiger charge is 2.25. The summed E-state index contributed by atoms with van der Waals surface area (Å²) in [4.78, 5) is 14.7. The fourth-order valence-electron chi connectivity index (χ4n) is 3.10. The fourth-order valence-corrected chi connectivity index (χ4v) is 3.10. The summed E-state index contributed by atoms with van der Waals surface area (Å²) in [6.45, 7) is 3.94. The molecule has 2 aromatic rings. The molecule has 1 aliphatic rings. The number of carbonyl (C=O) groups is 1. The Balaban J connectivity index is 1.68. The molecule has 1 aromatic heterocycles. The van der Waals surface area contributed by atoms with Gasteiger partial charge in [0.15, 0.2) is 0 Å². The molecule has 0 spiro atoms. The maximum atomic E-state index is 12.9. The maximum absolute atomic E-state index is 12.9. The summed E-state index contributed by atoms with van der Waals surface area (Å²) in [6, 6.07) is 9.66. The van der Waals surface area contributed by atoms with Crippen LogP contribution in [0.3, 0.4) is 0 Å². The summed E-state index contributed by atoms with van der Waals surface area (Å²) in [6.07, 6.45) is 3.64. The molecule has 1 aromatic carbocycles. The summed E-state index contributed by atoms with van der Waals surface area (Å²) in [5.41, 5.74) is 1.95. The van der Waals surface area contributed by atoms with Crippen molar-refractivity contribution in [2.45, 2.75) is 38.7 Å². The number of ether oxygens (including phenoxy) is 2. The van der Waals surface area contributed by atoms with E-state index in [9.17, 15) is 4.79 Å². The summed E-state index contributed by atoms with van der Waals surface area (Å²) in [5.74, 6) is 1.01. The Bertz CT molecular complexity index is 705. The van der Waals surface area contributed by atoms with Gasteiger partial charge in [-0.15, -0.1) is 0 Å². The SMILES string of the molecule is CCc1cc(C(=O)N(CCc2ccc(OC)cc2)C[C@H]2CCCO2)on1. The average molecular weight is 358 g/mol. The van der Waals surface area contributed by atoms with Crippen molar-refractivity contribution in [3.8, 4) is 5.75 Å². The predicted molar refractivity (Wildman–Crippen MR) is 97.5 cm³/mol. The largest absolute Gasteiger partial charge is 0.497 e. The highest BCUT2D eigenvalue weighted by atomic mass is 16.5. The van der Waals surface area contributed by atoms with Gasteiger partial charge in [-0.3, -0.25) is 4.79 Å². The molecule has 26 heavy (non-hydrogen) atoms. The molecule has 2 heterocycles. The van der Waals surface area contributed by atoms with E-state index in [2.05, 4.69) is 5.16 Å². The van der Waals surface area contributed by atoms with E-state index in [-0.39, 0.29) is 12.0 Å². The van der Waals surface area contributed by atoms with Crippen LogP contribution in [0, 0.1) is 0 Å². The molecular formula is C20H26N2O4. The highest BCUT2D eigenvalue weighted by Crippen LogP contribution is 2.17. The van der Waals surface area contributed by atoms with Crippen molar-refractivity contribution < 1.29 is 18.8 Å². The van der Waals surface area contributed by atoms with Crippen LogP contribution in [0.1, 0.15) is 41.6 Å². The lowest BCUT2D eigenvalue weighted by Crippen LogP contribution is -2.38. The molecule has 0 saturated carbocycles. The van der Waals surface area contributed by atoms with E-state index >= 15 is 0 Å². The minimum absolute atomic E-state index is 0.100. The Morgan fingerprint density at radius 3 is 2.77 bits per heavy atom. The van der Waals surface area contributed by atoms with Crippen LogP contribution >= 0.6 is 0 Å². The first-order chi connectivity index (χ1) is 12.7. The predicted octanol–water partition coefficient (Wildman–Crippen LogP) is 3.11. The van der Waals surface area contributed by atoms with Crippen LogP contribution in [0.25, 0.3) is 0 Å². The Morgan fingerprint density at radius 2 is 2.15 bits per heavy atom. The number of aromatic nitrogens is 1. The van der Waals surface area contributed by atoms with Gasteiger partial charge in [0, 0.05) is 25.8 Å². The quantitative estimate of drug-likeness (QED) is 0.725. The molecule has 0 aliphatic carbocycles. The van der Waals surface area contributed by atoms with Gasteiger partial charge in [0.2, 0.25) is 5.76 Å². The fraction of sp³-hybridized carbons (Fsp3) is 0.500. The third-order valence-corrected chi connectivity index (χ3v) is 4.70. The minimum atomic E-state index is -0.124. The first-order valence-electron chi connectivity index (χ1n) is 9.19. The molecule has 3 rings (SSSR count). The molecule has 140 valence electrons. The van der Waals surface area contributed by atoms with Gasteiger partial charge < -0.3 is 18.9 Å². The summed E-state index contributed by atoms with van der Waals surface area (Å²) in [5, 5.41) is 3.94. The van der Waals surface area contributed by atoms with Crippen molar-refractivity contribution in [3.05, 3.63) is 47.3 Å². The number of hydrogen-bond donors (Lipinski definition) is 0. The van der Waals surface area contributed by atoms with E-state index in [0.717, 1.165) is 49.3 Å². The van der Waals surface area contributed by atoms with Crippen LogP contribution in [0.15, 0.2) is 34.9 Å². The Labute approximate surface area is 154 Å². The molecular weight excluding hydrogens is 332 g/mol. The number of aryl methyl sites for hydroxylation is 1. The third-order valence-electron chi connectivity index (χ3n) is 4.70. The summed E-state index contributed by atoms with van der Waals surface area (Å²) >= 11 is 0. The normalized spacial score (nSPS) is 16.6. The molecule has 1 saturated heterocycles. The molecule has 0 radical (unpaired) electrons. The molecule has 0 unspecified atom stereocenters. The topological polar surface area (TPSA) is 64.8 Å². The van der Waals surface area contributed by atoms with Crippen molar-refractivity contribution in [1.82, 2.24) is 10.1 Å². The second kappa shape index (κ2) is 8.85. The zero-order valence-corrected chi connectivity index (χ0v) is 15.4. The number of rotatable bonds is 8. The van der Waals surface area contributed by atoms with E-state index in [0.29, 0.717) is 18.8 Å². The second-order valence-electron chi connectivity index (χ2n) is 6.52. The lowest BCUT2D eigenvalue weighted by molar-refractivity contribution is 0.0498. The summed E-state index contributed by atoms with van der Waals surface area (Å²) in [7, 11) is 1.65. The second-order valence-corrected chi connectivity index (χ2v) is 6.52. The molecule has 1 amide bonds. The first kappa shape index (κ1) is 18.5. The van der Waals surface area contributed by atoms with E-state index in [1.165, 1.54) is 0 Å². The van der Waals surface area contributed by atoms with Gasteiger partial charge in [-0.05, 0) is 43.4 Å². The van der Waals surface area contributed by atoms with Gasteiger partial charge in [0.1, 0.15) is 5.75 Å². The van der Waals surface area contributed by atoms with Crippen LogP contribution in [0.5, 0.6) is 5.75 Å². The first-order valence-corrected chi connectivity index (χ1v) is 9.19. The van der Waals surface area contributed by atoms with Gasteiger partial charge in [-0.1, -0.05) is 24.2 Å². The lowest BCUT2D eigenvalue weighted by atomic mass is 10.1.